The van der Waals surface area contributed by atoms with E-state index in [0.29, 0.717) is 0 Å². The van der Waals surface area contributed by atoms with Crippen LogP contribution in [0.1, 0.15) is 0 Å². The maximum atomic E-state index is 12.6. The van der Waals surface area contributed by atoms with Crippen LogP contribution >= 0.6 is 23.2 Å². The van der Waals surface area contributed by atoms with Crippen LogP contribution in [-0.4, -0.2) is 34.7 Å². The average molecular weight is 353 g/mol. The summed E-state index contributed by atoms with van der Waals surface area (Å²) in [6.07, 6.45) is -5.43. The standard InChI is InChI=1S/C6HCl2F11/c7-6(8,19)5(17,18)4(15,16)3(13,14)2(11,12)1(9)10/h1H. The lowest BCUT2D eigenvalue weighted by molar-refractivity contribution is -0.389. The molecule has 0 saturated heterocycles. The van der Waals surface area contributed by atoms with E-state index in [2.05, 4.69) is 23.2 Å². The summed E-state index contributed by atoms with van der Waals surface area (Å²) < 4.78 is 130. The summed E-state index contributed by atoms with van der Waals surface area (Å²) in [5.41, 5.74) is 0. The first-order chi connectivity index (χ1) is 7.94. The smallest absolute Gasteiger partial charge is 0.203 e. The average Bonchev–Trinajstić information content (AvgIpc) is 2.14. The second-order valence-electron chi connectivity index (χ2n) is 3.14. The third-order valence-electron chi connectivity index (χ3n) is 1.84. The molecule has 19 heavy (non-hydrogen) atoms. The van der Waals surface area contributed by atoms with Gasteiger partial charge in [0.2, 0.25) is 0 Å². The normalized spacial score (nSPS) is 16.1. The minimum atomic E-state index is -7.32. The van der Waals surface area contributed by atoms with Crippen molar-refractivity contribution >= 4 is 23.2 Å². The highest BCUT2D eigenvalue weighted by Crippen LogP contribution is 2.59. The molecule has 0 unspecified atom stereocenters. The van der Waals surface area contributed by atoms with Crippen LogP contribution in [0, 0.1) is 0 Å². The summed E-state index contributed by atoms with van der Waals surface area (Å²) in [6.45, 7) is 0. The fourth-order valence-corrected chi connectivity index (χ4v) is 0.959. The van der Waals surface area contributed by atoms with Gasteiger partial charge in [0.15, 0.2) is 0 Å². The van der Waals surface area contributed by atoms with Crippen molar-refractivity contribution in [1.29, 1.82) is 0 Å². The maximum Gasteiger partial charge on any atom is 0.384 e. The topological polar surface area (TPSA) is 0 Å². The van der Waals surface area contributed by atoms with E-state index in [9.17, 15) is 48.3 Å². The molecule has 0 spiro atoms. The van der Waals surface area contributed by atoms with Gasteiger partial charge in [0, 0.05) is 0 Å². The molecule has 0 aliphatic rings. The lowest BCUT2D eigenvalue weighted by atomic mass is 9.99. The molecule has 0 aromatic carbocycles. The Morgan fingerprint density at radius 3 is 1.11 bits per heavy atom. The third-order valence-corrected chi connectivity index (χ3v) is 2.31. The fraction of sp³-hybridized carbons (Fsp3) is 1.00. The predicted molar refractivity (Wildman–Crippen MR) is 41.3 cm³/mol. The molecule has 0 rings (SSSR count). The summed E-state index contributed by atoms with van der Waals surface area (Å²) in [5.74, 6) is -28.3. The van der Waals surface area contributed by atoms with Gasteiger partial charge in [0.25, 0.3) is 0 Å². The molecule has 0 atom stereocenters. The van der Waals surface area contributed by atoms with E-state index in [1.165, 1.54) is 0 Å². The van der Waals surface area contributed by atoms with E-state index >= 15 is 0 Å². The molecular weight excluding hydrogens is 352 g/mol. The molecule has 116 valence electrons. The second kappa shape index (κ2) is 4.68. The lowest BCUT2D eigenvalue weighted by Crippen LogP contribution is -2.67. The van der Waals surface area contributed by atoms with Crippen LogP contribution in [0.4, 0.5) is 48.3 Å². The zero-order valence-corrected chi connectivity index (χ0v) is 9.50. The molecule has 0 fully saturated rings. The van der Waals surface area contributed by atoms with Crippen molar-refractivity contribution in [2.45, 2.75) is 34.7 Å². The molecule has 0 radical (unpaired) electrons. The van der Waals surface area contributed by atoms with Crippen molar-refractivity contribution < 1.29 is 48.3 Å². The monoisotopic (exact) mass is 352 g/mol. The van der Waals surface area contributed by atoms with Gasteiger partial charge in [-0.2, -0.15) is 35.1 Å². The van der Waals surface area contributed by atoms with Crippen molar-refractivity contribution in [1.82, 2.24) is 0 Å². The number of hydrogen-bond acceptors (Lipinski definition) is 0. The molecule has 0 bridgehead atoms. The lowest BCUT2D eigenvalue weighted by Gasteiger charge is -2.37. The van der Waals surface area contributed by atoms with Gasteiger partial charge in [-0.15, -0.1) is 0 Å². The van der Waals surface area contributed by atoms with E-state index < -0.39 is 34.7 Å². The Balaban J connectivity index is 5.92. The minimum absolute atomic E-state index is 3.85. The maximum absolute atomic E-state index is 12.6. The third kappa shape index (κ3) is 2.55. The van der Waals surface area contributed by atoms with Crippen molar-refractivity contribution in [2.24, 2.45) is 0 Å². The Bertz CT molecular complexity index is 331. The quantitative estimate of drug-likeness (QED) is 0.488. The first-order valence-corrected chi connectivity index (χ1v) is 4.56. The Kier molecular flexibility index (Phi) is 4.63. The van der Waals surface area contributed by atoms with Gasteiger partial charge in [-0.1, -0.05) is 23.2 Å². The van der Waals surface area contributed by atoms with E-state index in [0.717, 1.165) is 0 Å². The van der Waals surface area contributed by atoms with Gasteiger partial charge in [-0.05, 0) is 0 Å². The van der Waals surface area contributed by atoms with Gasteiger partial charge in [0.1, 0.15) is 0 Å². The number of alkyl halides is 13. The first kappa shape index (κ1) is 18.8. The number of rotatable bonds is 5. The highest BCUT2D eigenvalue weighted by atomic mass is 35.5. The highest BCUT2D eigenvalue weighted by molar-refractivity contribution is 6.47. The SMILES string of the molecule is FC(F)C(F)(F)C(F)(F)C(F)(F)C(F)(F)C(F)(Cl)Cl. The van der Waals surface area contributed by atoms with Gasteiger partial charge < -0.3 is 0 Å². The Morgan fingerprint density at radius 2 is 0.895 bits per heavy atom. The Morgan fingerprint density at radius 1 is 0.579 bits per heavy atom. The molecule has 0 aromatic heterocycles. The van der Waals surface area contributed by atoms with Crippen molar-refractivity contribution in [2.75, 3.05) is 0 Å². The van der Waals surface area contributed by atoms with Gasteiger partial charge in [-0.25, -0.2) is 13.2 Å². The first-order valence-electron chi connectivity index (χ1n) is 3.80. The van der Waals surface area contributed by atoms with E-state index in [1.54, 1.807) is 0 Å². The van der Waals surface area contributed by atoms with Crippen LogP contribution in [0.25, 0.3) is 0 Å². The molecule has 0 heterocycles. The zero-order valence-electron chi connectivity index (χ0n) is 7.99. The molecular formula is C6HCl2F11. The molecule has 0 aliphatic carbocycles. The van der Waals surface area contributed by atoms with Crippen molar-refractivity contribution in [3.63, 3.8) is 0 Å². The summed E-state index contributed by atoms with van der Waals surface area (Å²) in [4.78, 5) is 0. The summed E-state index contributed by atoms with van der Waals surface area (Å²) >= 11 is 7.70. The van der Waals surface area contributed by atoms with Gasteiger partial charge in [0.05, 0.1) is 0 Å². The van der Waals surface area contributed by atoms with Crippen LogP contribution in [0.3, 0.4) is 0 Å². The van der Waals surface area contributed by atoms with E-state index in [4.69, 9.17) is 0 Å². The zero-order chi connectivity index (χ0) is 16.1. The van der Waals surface area contributed by atoms with Gasteiger partial charge >= 0.3 is 34.7 Å². The fourth-order valence-electron chi connectivity index (χ4n) is 0.722. The summed E-state index contributed by atoms with van der Waals surface area (Å²) in [5, 5.41) is 0. The molecule has 0 saturated carbocycles. The van der Waals surface area contributed by atoms with Crippen LogP contribution in [-0.2, 0) is 0 Å². The van der Waals surface area contributed by atoms with Crippen molar-refractivity contribution in [3.8, 4) is 0 Å². The van der Waals surface area contributed by atoms with Crippen molar-refractivity contribution in [3.05, 3.63) is 0 Å². The Labute approximate surface area is 107 Å². The molecule has 0 N–H and O–H groups in total. The minimum Gasteiger partial charge on any atom is -0.203 e. The molecule has 0 amide bonds. The van der Waals surface area contributed by atoms with E-state index in [-0.39, 0.29) is 0 Å². The predicted octanol–water partition coefficient (Wildman–Crippen LogP) is 4.89. The number of halogens is 13. The Hall–Kier alpha value is -0.190. The summed E-state index contributed by atoms with van der Waals surface area (Å²) in [6, 6.07) is 0. The highest BCUT2D eigenvalue weighted by Gasteiger charge is 2.87. The summed E-state index contributed by atoms with van der Waals surface area (Å²) in [7, 11) is 0. The molecule has 0 aliphatic heterocycles. The van der Waals surface area contributed by atoms with Crippen LogP contribution in [0.5, 0.6) is 0 Å². The largest absolute Gasteiger partial charge is 0.384 e. The molecule has 0 aromatic rings. The molecule has 13 heteroatoms. The van der Waals surface area contributed by atoms with Crippen LogP contribution in [0.2, 0.25) is 0 Å². The second-order valence-corrected chi connectivity index (χ2v) is 4.38. The number of hydrogen-bond donors (Lipinski definition) is 0. The molecule has 0 nitrogen and oxygen atoms in total. The van der Waals surface area contributed by atoms with Crippen LogP contribution in [0.15, 0.2) is 0 Å². The van der Waals surface area contributed by atoms with Gasteiger partial charge in [-0.3, -0.25) is 0 Å². The van der Waals surface area contributed by atoms with E-state index in [1.807, 2.05) is 0 Å². The van der Waals surface area contributed by atoms with Crippen LogP contribution < -0.4 is 0 Å².